The van der Waals surface area contributed by atoms with Gasteiger partial charge in [0, 0.05) is 12.8 Å². The summed E-state index contributed by atoms with van der Waals surface area (Å²) in [5.74, 6) is -2.43. The fourth-order valence-corrected chi connectivity index (χ4v) is 7.47. The molecule has 57 heavy (non-hydrogen) atoms. The first-order chi connectivity index (χ1) is 27.7. The standard InChI is InChI=1S/C46H86O11/c1-3-5-7-9-11-13-14-15-16-17-18-19-20-21-22-23-24-25-27-28-30-32-34-39(47)54-36-38(56-40(48)35-33-31-29-26-12-10-8-6-4-2)37-55-46-43(51)41(49)42(50)44(57-46)45(52)53/h38,41-44,46,49-51H,3-37H2,1-2H3,(H,52,53). The van der Waals surface area contributed by atoms with Crippen LogP contribution in [0, 0.1) is 0 Å². The zero-order valence-electron chi connectivity index (χ0n) is 36.4. The van der Waals surface area contributed by atoms with Gasteiger partial charge < -0.3 is 39.4 Å². The molecule has 1 saturated heterocycles. The topological polar surface area (TPSA) is 169 Å². The van der Waals surface area contributed by atoms with Crippen molar-refractivity contribution in [1.29, 1.82) is 0 Å². The molecule has 0 saturated carbocycles. The van der Waals surface area contributed by atoms with Gasteiger partial charge in [-0.15, -0.1) is 0 Å². The molecule has 0 radical (unpaired) electrons. The largest absolute Gasteiger partial charge is 0.479 e. The number of hydrogen-bond donors (Lipinski definition) is 4. The van der Waals surface area contributed by atoms with E-state index in [0.29, 0.717) is 12.8 Å². The first-order valence-corrected chi connectivity index (χ1v) is 23.6. The van der Waals surface area contributed by atoms with E-state index < -0.39 is 54.7 Å². The van der Waals surface area contributed by atoms with Crippen LogP contribution in [0.15, 0.2) is 0 Å². The van der Waals surface area contributed by atoms with E-state index in [-0.39, 0.29) is 26.1 Å². The SMILES string of the molecule is CCCCCCCCCCCCCCCCCCCCCCCCC(=O)OCC(COC1OC(C(=O)O)C(O)C(O)C1O)OC(=O)CCCCCCCCCCC. The maximum absolute atomic E-state index is 12.7. The highest BCUT2D eigenvalue weighted by atomic mass is 16.7. The van der Waals surface area contributed by atoms with Crippen LogP contribution in [-0.4, -0.2) is 88.4 Å². The Morgan fingerprint density at radius 1 is 0.474 bits per heavy atom. The molecular weight excluding hydrogens is 728 g/mol. The van der Waals surface area contributed by atoms with Gasteiger partial charge in [-0.25, -0.2) is 4.79 Å². The molecule has 11 heteroatoms. The lowest BCUT2D eigenvalue weighted by Gasteiger charge is -2.38. The zero-order chi connectivity index (χ0) is 41.8. The fraction of sp³-hybridized carbons (Fsp3) is 0.935. The highest BCUT2D eigenvalue weighted by Crippen LogP contribution is 2.23. The molecule has 1 heterocycles. The Morgan fingerprint density at radius 2 is 0.825 bits per heavy atom. The maximum atomic E-state index is 12.7. The number of ether oxygens (including phenoxy) is 4. The average Bonchev–Trinajstić information content (AvgIpc) is 3.19. The number of carboxylic acids is 1. The number of carbonyl (C=O) groups excluding carboxylic acids is 2. The summed E-state index contributed by atoms with van der Waals surface area (Å²) in [7, 11) is 0. The van der Waals surface area contributed by atoms with Crippen molar-refractivity contribution in [3.63, 3.8) is 0 Å². The van der Waals surface area contributed by atoms with Gasteiger partial charge in [-0.1, -0.05) is 200 Å². The Kier molecular flexibility index (Phi) is 34.8. The van der Waals surface area contributed by atoms with Gasteiger partial charge >= 0.3 is 17.9 Å². The predicted octanol–water partition coefficient (Wildman–Crippen LogP) is 10.3. The molecule has 0 amide bonds. The molecule has 4 N–H and O–H groups in total. The molecule has 0 aromatic rings. The lowest BCUT2D eigenvalue weighted by Crippen LogP contribution is -2.60. The van der Waals surface area contributed by atoms with E-state index in [1.54, 1.807) is 0 Å². The Morgan fingerprint density at radius 3 is 1.19 bits per heavy atom. The number of aliphatic hydroxyl groups is 3. The Hall–Kier alpha value is -1.79. The number of unbranched alkanes of at least 4 members (excludes halogenated alkanes) is 29. The summed E-state index contributed by atoms with van der Waals surface area (Å²) in [6, 6.07) is 0. The summed E-state index contributed by atoms with van der Waals surface area (Å²) in [5.41, 5.74) is 0. The summed E-state index contributed by atoms with van der Waals surface area (Å²) < 4.78 is 21.7. The molecule has 1 fully saturated rings. The third-order valence-electron chi connectivity index (χ3n) is 11.2. The van der Waals surface area contributed by atoms with Crippen LogP contribution in [0.2, 0.25) is 0 Å². The number of aliphatic carboxylic acids is 1. The predicted molar refractivity (Wildman–Crippen MR) is 225 cm³/mol. The summed E-state index contributed by atoms with van der Waals surface area (Å²) in [5, 5.41) is 39.7. The molecule has 0 bridgehead atoms. The van der Waals surface area contributed by atoms with Gasteiger partial charge in [0.1, 0.15) is 24.9 Å². The van der Waals surface area contributed by atoms with Crippen molar-refractivity contribution in [1.82, 2.24) is 0 Å². The third kappa shape index (κ3) is 29.1. The summed E-state index contributed by atoms with van der Waals surface area (Å²) >= 11 is 0. The molecule has 0 aliphatic carbocycles. The van der Waals surface area contributed by atoms with Crippen molar-refractivity contribution >= 4 is 17.9 Å². The molecule has 1 aliphatic heterocycles. The molecule has 6 atom stereocenters. The van der Waals surface area contributed by atoms with Gasteiger partial charge in [-0.05, 0) is 12.8 Å². The van der Waals surface area contributed by atoms with Crippen LogP contribution in [0.3, 0.4) is 0 Å². The maximum Gasteiger partial charge on any atom is 0.335 e. The quantitative estimate of drug-likeness (QED) is 0.0343. The van der Waals surface area contributed by atoms with E-state index >= 15 is 0 Å². The Labute approximate surface area is 346 Å². The number of carbonyl (C=O) groups is 3. The van der Waals surface area contributed by atoms with Crippen LogP contribution in [0.25, 0.3) is 0 Å². The van der Waals surface area contributed by atoms with Crippen LogP contribution in [0.5, 0.6) is 0 Å². The number of hydrogen-bond acceptors (Lipinski definition) is 10. The van der Waals surface area contributed by atoms with Gasteiger partial charge in [-0.3, -0.25) is 9.59 Å². The smallest absolute Gasteiger partial charge is 0.335 e. The van der Waals surface area contributed by atoms with Crippen molar-refractivity contribution in [2.24, 2.45) is 0 Å². The second-order valence-electron chi connectivity index (χ2n) is 16.6. The molecule has 1 rings (SSSR count). The van der Waals surface area contributed by atoms with Crippen LogP contribution >= 0.6 is 0 Å². The monoisotopic (exact) mass is 815 g/mol. The summed E-state index contributed by atoms with van der Waals surface area (Å²) in [6.45, 7) is 3.81. The zero-order valence-corrected chi connectivity index (χ0v) is 36.4. The lowest BCUT2D eigenvalue weighted by molar-refractivity contribution is -0.298. The number of rotatable bonds is 40. The van der Waals surface area contributed by atoms with E-state index in [1.165, 1.54) is 148 Å². The minimum Gasteiger partial charge on any atom is -0.479 e. The number of carboxylic acid groups (broad SMARTS) is 1. The highest BCUT2D eigenvalue weighted by Gasteiger charge is 2.47. The van der Waals surface area contributed by atoms with Crippen molar-refractivity contribution < 1.29 is 53.8 Å². The van der Waals surface area contributed by atoms with Gasteiger partial charge in [0.2, 0.25) is 0 Å². The lowest BCUT2D eigenvalue weighted by atomic mass is 9.99. The van der Waals surface area contributed by atoms with E-state index in [1.807, 2.05) is 0 Å². The van der Waals surface area contributed by atoms with Crippen molar-refractivity contribution in [2.75, 3.05) is 13.2 Å². The first-order valence-electron chi connectivity index (χ1n) is 23.6. The second kappa shape index (κ2) is 37.2. The second-order valence-corrected chi connectivity index (χ2v) is 16.6. The number of aliphatic hydroxyl groups excluding tert-OH is 3. The molecule has 6 unspecified atom stereocenters. The average molecular weight is 815 g/mol. The fourth-order valence-electron chi connectivity index (χ4n) is 7.47. The van der Waals surface area contributed by atoms with Gasteiger partial charge in [0.15, 0.2) is 18.5 Å². The molecule has 0 aromatic heterocycles. The minimum absolute atomic E-state index is 0.189. The van der Waals surface area contributed by atoms with Gasteiger partial charge in [0.25, 0.3) is 0 Å². The van der Waals surface area contributed by atoms with E-state index in [2.05, 4.69) is 13.8 Å². The van der Waals surface area contributed by atoms with E-state index in [9.17, 15) is 34.8 Å². The van der Waals surface area contributed by atoms with Gasteiger partial charge in [0.05, 0.1) is 6.61 Å². The summed E-state index contributed by atoms with van der Waals surface area (Å²) in [6.07, 6.45) is 29.0. The minimum atomic E-state index is -1.85. The number of esters is 2. The Bertz CT molecular complexity index is 963. The van der Waals surface area contributed by atoms with E-state index in [0.717, 1.165) is 38.5 Å². The van der Waals surface area contributed by atoms with Gasteiger partial charge in [-0.2, -0.15) is 0 Å². The molecule has 1 aliphatic rings. The highest BCUT2D eigenvalue weighted by molar-refractivity contribution is 5.73. The molecule has 0 spiro atoms. The third-order valence-corrected chi connectivity index (χ3v) is 11.2. The van der Waals surface area contributed by atoms with Crippen LogP contribution in [0.1, 0.15) is 226 Å². The van der Waals surface area contributed by atoms with Crippen LogP contribution < -0.4 is 0 Å². The van der Waals surface area contributed by atoms with Crippen molar-refractivity contribution in [3.05, 3.63) is 0 Å². The Balaban J connectivity index is 2.23. The van der Waals surface area contributed by atoms with Crippen molar-refractivity contribution in [2.45, 2.75) is 263 Å². The molecule has 336 valence electrons. The molecule has 0 aromatic carbocycles. The van der Waals surface area contributed by atoms with E-state index in [4.69, 9.17) is 18.9 Å². The summed E-state index contributed by atoms with van der Waals surface area (Å²) in [4.78, 5) is 36.7. The van der Waals surface area contributed by atoms with Crippen molar-refractivity contribution in [3.8, 4) is 0 Å². The molecular formula is C46H86O11. The first kappa shape index (κ1) is 53.2. The normalized spacial score (nSPS) is 20.1. The molecule has 11 nitrogen and oxygen atoms in total. The van der Waals surface area contributed by atoms with Crippen LogP contribution in [0.4, 0.5) is 0 Å². The van der Waals surface area contributed by atoms with Crippen LogP contribution in [-0.2, 0) is 33.3 Å².